The highest BCUT2D eigenvalue weighted by molar-refractivity contribution is 5.86. The maximum atomic E-state index is 11.3. The predicted octanol–water partition coefficient (Wildman–Crippen LogP) is 2.47. The molecule has 1 aromatic heterocycles. The van der Waals surface area contributed by atoms with E-state index in [1.54, 1.807) is 6.07 Å². The number of nitrogen functional groups attached to an aromatic ring is 1. The van der Waals surface area contributed by atoms with Crippen LogP contribution in [0.3, 0.4) is 0 Å². The molecule has 106 valence electrons. The average molecular weight is 273 g/mol. The minimum atomic E-state index is -0.423. The highest BCUT2D eigenvalue weighted by Gasteiger charge is 2.36. The summed E-state index contributed by atoms with van der Waals surface area (Å²) in [5.74, 6) is 0.385. The molecule has 1 aliphatic heterocycles. The minimum absolute atomic E-state index is 0.423. The van der Waals surface area contributed by atoms with Crippen LogP contribution in [-0.2, 0) is 0 Å². The number of fused-ring (bicyclic) bond motifs is 2. The summed E-state index contributed by atoms with van der Waals surface area (Å²) in [5, 5.41) is 0. The van der Waals surface area contributed by atoms with E-state index in [9.17, 15) is 4.79 Å². The fourth-order valence-electron chi connectivity index (χ4n) is 3.96. The van der Waals surface area contributed by atoms with E-state index < -0.39 is 5.76 Å². The number of H-pyrrole nitrogens is 1. The van der Waals surface area contributed by atoms with Gasteiger partial charge in [0.25, 0.3) is 0 Å². The first kappa shape index (κ1) is 11.9. The van der Waals surface area contributed by atoms with Crippen LogP contribution in [0.5, 0.6) is 0 Å². The summed E-state index contributed by atoms with van der Waals surface area (Å²) in [7, 11) is 0. The molecule has 1 saturated carbocycles. The number of nitrogens with one attached hydrogen (secondary N) is 1. The minimum Gasteiger partial charge on any atom is -0.408 e. The zero-order valence-corrected chi connectivity index (χ0v) is 11.4. The standard InChI is InChI=1S/C15H19N3O2/c16-10-7-14-11(17-15(19)20-14)8-13(10)18-6-5-9-3-1-2-4-12(9)18/h7-9,12H,1-6,16H2,(H,17,19). The molecule has 0 radical (unpaired) electrons. The van der Waals surface area contributed by atoms with E-state index in [4.69, 9.17) is 10.2 Å². The molecule has 2 aliphatic rings. The van der Waals surface area contributed by atoms with Gasteiger partial charge in [0.2, 0.25) is 0 Å². The van der Waals surface area contributed by atoms with Gasteiger partial charge in [-0.15, -0.1) is 0 Å². The normalized spacial score (nSPS) is 26.1. The number of aromatic nitrogens is 1. The van der Waals surface area contributed by atoms with E-state index in [2.05, 4.69) is 9.88 Å². The Balaban J connectivity index is 1.77. The molecular formula is C15H19N3O2. The van der Waals surface area contributed by atoms with Crippen LogP contribution in [0.1, 0.15) is 32.1 Å². The third-order valence-corrected chi connectivity index (χ3v) is 4.89. The Morgan fingerprint density at radius 2 is 2.10 bits per heavy atom. The Hall–Kier alpha value is -1.91. The number of hydrogen-bond donors (Lipinski definition) is 2. The molecule has 1 saturated heterocycles. The van der Waals surface area contributed by atoms with E-state index in [-0.39, 0.29) is 0 Å². The van der Waals surface area contributed by atoms with Gasteiger partial charge in [0, 0.05) is 18.7 Å². The molecule has 1 aliphatic carbocycles. The third-order valence-electron chi connectivity index (χ3n) is 4.89. The van der Waals surface area contributed by atoms with Crippen molar-refractivity contribution in [2.75, 3.05) is 17.2 Å². The highest BCUT2D eigenvalue weighted by atomic mass is 16.4. The first-order valence-corrected chi connectivity index (χ1v) is 7.41. The van der Waals surface area contributed by atoms with E-state index in [0.717, 1.165) is 23.7 Å². The average Bonchev–Trinajstić information content (AvgIpc) is 3.00. The van der Waals surface area contributed by atoms with Crippen molar-refractivity contribution in [2.45, 2.75) is 38.1 Å². The molecule has 1 aromatic carbocycles. The van der Waals surface area contributed by atoms with Crippen molar-refractivity contribution in [2.24, 2.45) is 5.92 Å². The van der Waals surface area contributed by atoms with Gasteiger partial charge in [0.15, 0.2) is 5.58 Å². The zero-order chi connectivity index (χ0) is 13.7. The van der Waals surface area contributed by atoms with Crippen molar-refractivity contribution in [1.82, 2.24) is 4.98 Å². The third kappa shape index (κ3) is 1.72. The lowest BCUT2D eigenvalue weighted by atomic mass is 9.85. The summed E-state index contributed by atoms with van der Waals surface area (Å²) in [6.45, 7) is 1.06. The van der Waals surface area contributed by atoms with E-state index >= 15 is 0 Å². The summed E-state index contributed by atoms with van der Waals surface area (Å²) in [6.07, 6.45) is 6.51. The van der Waals surface area contributed by atoms with Gasteiger partial charge in [-0.1, -0.05) is 12.8 Å². The van der Waals surface area contributed by atoms with Gasteiger partial charge in [-0.05, 0) is 31.2 Å². The van der Waals surface area contributed by atoms with Gasteiger partial charge < -0.3 is 15.1 Å². The lowest BCUT2D eigenvalue weighted by molar-refractivity contribution is 0.342. The lowest BCUT2D eigenvalue weighted by Gasteiger charge is -2.33. The van der Waals surface area contributed by atoms with Crippen molar-refractivity contribution >= 4 is 22.5 Å². The Morgan fingerprint density at radius 1 is 1.25 bits per heavy atom. The maximum Gasteiger partial charge on any atom is 0.417 e. The van der Waals surface area contributed by atoms with Crippen LogP contribution >= 0.6 is 0 Å². The number of hydrogen-bond acceptors (Lipinski definition) is 4. The summed E-state index contributed by atoms with van der Waals surface area (Å²) >= 11 is 0. The van der Waals surface area contributed by atoms with Gasteiger partial charge in [-0.3, -0.25) is 4.98 Å². The number of oxazole rings is 1. The molecule has 0 amide bonds. The lowest BCUT2D eigenvalue weighted by Crippen LogP contribution is -2.35. The molecule has 0 spiro atoms. The molecule has 2 unspecified atom stereocenters. The van der Waals surface area contributed by atoms with Crippen LogP contribution in [-0.4, -0.2) is 17.6 Å². The van der Waals surface area contributed by atoms with Gasteiger partial charge in [-0.25, -0.2) is 4.79 Å². The van der Waals surface area contributed by atoms with Gasteiger partial charge in [0.1, 0.15) is 0 Å². The van der Waals surface area contributed by atoms with Crippen molar-refractivity contribution in [3.8, 4) is 0 Å². The number of nitrogens with zero attached hydrogens (tertiary/aromatic N) is 1. The van der Waals surface area contributed by atoms with Crippen LogP contribution in [0.2, 0.25) is 0 Å². The van der Waals surface area contributed by atoms with Gasteiger partial charge in [0.05, 0.1) is 16.9 Å². The van der Waals surface area contributed by atoms with E-state index in [1.807, 2.05) is 6.07 Å². The largest absolute Gasteiger partial charge is 0.417 e. The first-order chi connectivity index (χ1) is 9.72. The Labute approximate surface area is 116 Å². The second kappa shape index (κ2) is 4.30. The maximum absolute atomic E-state index is 11.3. The Kier molecular flexibility index (Phi) is 2.55. The Bertz CT molecular complexity index is 703. The van der Waals surface area contributed by atoms with Crippen LogP contribution in [0.25, 0.3) is 11.1 Å². The molecule has 5 heteroatoms. The van der Waals surface area contributed by atoms with Crippen molar-refractivity contribution in [1.29, 1.82) is 0 Å². The molecule has 2 atom stereocenters. The second-order valence-corrected chi connectivity index (χ2v) is 6.02. The zero-order valence-electron chi connectivity index (χ0n) is 11.4. The van der Waals surface area contributed by atoms with Crippen molar-refractivity contribution < 1.29 is 4.42 Å². The monoisotopic (exact) mass is 273 g/mol. The summed E-state index contributed by atoms with van der Waals surface area (Å²) in [6, 6.07) is 4.34. The van der Waals surface area contributed by atoms with Crippen LogP contribution < -0.4 is 16.4 Å². The number of aromatic amines is 1. The van der Waals surface area contributed by atoms with Crippen molar-refractivity contribution in [3.63, 3.8) is 0 Å². The quantitative estimate of drug-likeness (QED) is 0.783. The smallest absolute Gasteiger partial charge is 0.408 e. The second-order valence-electron chi connectivity index (χ2n) is 6.02. The fourth-order valence-corrected chi connectivity index (χ4v) is 3.96. The van der Waals surface area contributed by atoms with Crippen LogP contribution in [0, 0.1) is 5.92 Å². The summed E-state index contributed by atoms with van der Waals surface area (Å²) in [4.78, 5) is 16.4. The van der Waals surface area contributed by atoms with Gasteiger partial charge in [-0.2, -0.15) is 0 Å². The molecule has 3 N–H and O–H groups in total. The molecule has 2 fully saturated rings. The molecule has 20 heavy (non-hydrogen) atoms. The Morgan fingerprint density at radius 3 is 3.00 bits per heavy atom. The van der Waals surface area contributed by atoms with E-state index in [0.29, 0.717) is 17.3 Å². The fraction of sp³-hybridized carbons (Fsp3) is 0.533. The molecule has 2 heterocycles. The number of anilines is 2. The number of benzene rings is 1. The van der Waals surface area contributed by atoms with Crippen LogP contribution in [0.15, 0.2) is 21.3 Å². The van der Waals surface area contributed by atoms with Crippen LogP contribution in [0.4, 0.5) is 11.4 Å². The SMILES string of the molecule is Nc1cc2oc(=O)[nH]c2cc1N1CCC2CCCCC21. The van der Waals surface area contributed by atoms with Gasteiger partial charge >= 0.3 is 5.76 Å². The first-order valence-electron chi connectivity index (χ1n) is 7.41. The highest BCUT2D eigenvalue weighted by Crippen LogP contribution is 2.41. The van der Waals surface area contributed by atoms with E-state index in [1.165, 1.54) is 32.1 Å². The predicted molar refractivity (Wildman–Crippen MR) is 79.0 cm³/mol. The topological polar surface area (TPSA) is 75.3 Å². The number of nitrogens with two attached hydrogens (primary N) is 1. The summed E-state index contributed by atoms with van der Waals surface area (Å²) < 4.78 is 5.06. The molecule has 0 bridgehead atoms. The molecule has 4 rings (SSSR count). The summed E-state index contributed by atoms with van der Waals surface area (Å²) in [5.41, 5.74) is 9.20. The molecule has 5 nitrogen and oxygen atoms in total. The number of rotatable bonds is 1. The molecular weight excluding hydrogens is 254 g/mol. The molecule has 2 aromatic rings. The van der Waals surface area contributed by atoms with Crippen molar-refractivity contribution in [3.05, 3.63) is 22.7 Å².